The van der Waals surface area contributed by atoms with Crippen LogP contribution in [0.2, 0.25) is 5.02 Å². The van der Waals surface area contributed by atoms with Crippen LogP contribution in [0.15, 0.2) is 41.3 Å². The molecule has 2 aromatic carbocycles. The number of nitrogens with one attached hydrogen (secondary N) is 1. The zero-order valence-corrected chi connectivity index (χ0v) is 20.2. The van der Waals surface area contributed by atoms with E-state index in [-0.39, 0.29) is 16.7 Å². The van der Waals surface area contributed by atoms with E-state index >= 15 is 0 Å². The summed E-state index contributed by atoms with van der Waals surface area (Å²) in [6.07, 6.45) is 0.915. The van der Waals surface area contributed by atoms with Gasteiger partial charge >= 0.3 is 0 Å². The van der Waals surface area contributed by atoms with E-state index in [4.69, 9.17) is 11.6 Å². The van der Waals surface area contributed by atoms with Gasteiger partial charge in [-0.1, -0.05) is 22.9 Å². The third kappa shape index (κ3) is 4.01. The number of carbonyl (C=O) groups is 1. The molecule has 2 aromatic heterocycles. The van der Waals surface area contributed by atoms with E-state index in [1.807, 2.05) is 19.1 Å². The maximum Gasteiger partial charge on any atom is 0.243 e. The molecule has 1 aliphatic heterocycles. The Hall–Kier alpha value is -2.11. The third-order valence-electron chi connectivity index (χ3n) is 5.53. The quantitative estimate of drug-likeness (QED) is 0.424. The van der Waals surface area contributed by atoms with Crippen molar-refractivity contribution in [1.82, 2.24) is 14.3 Å². The Morgan fingerprint density at radius 2 is 1.81 bits per heavy atom. The smallest absolute Gasteiger partial charge is 0.243 e. The van der Waals surface area contributed by atoms with Crippen LogP contribution in [0.1, 0.15) is 17.8 Å². The first-order chi connectivity index (χ1) is 15.3. The van der Waals surface area contributed by atoms with Crippen LogP contribution in [0.25, 0.3) is 20.4 Å². The molecule has 0 spiro atoms. The number of aryl methyl sites for hydroxylation is 1. The fourth-order valence-corrected chi connectivity index (χ4v) is 7.32. The second kappa shape index (κ2) is 8.35. The minimum Gasteiger partial charge on any atom is -0.302 e. The zero-order valence-electron chi connectivity index (χ0n) is 17.0. The van der Waals surface area contributed by atoms with Crippen molar-refractivity contribution in [2.75, 3.05) is 18.4 Å². The van der Waals surface area contributed by atoms with Gasteiger partial charge in [0.1, 0.15) is 5.52 Å². The molecule has 4 aromatic rings. The zero-order chi connectivity index (χ0) is 22.5. The van der Waals surface area contributed by atoms with Crippen molar-refractivity contribution in [2.45, 2.75) is 24.7 Å². The van der Waals surface area contributed by atoms with Crippen molar-refractivity contribution in [1.29, 1.82) is 0 Å². The molecule has 0 saturated carbocycles. The fourth-order valence-electron chi connectivity index (χ4n) is 3.86. The lowest BCUT2D eigenvalue weighted by molar-refractivity contribution is -0.120. The van der Waals surface area contributed by atoms with Gasteiger partial charge in [-0.2, -0.15) is 4.31 Å². The van der Waals surface area contributed by atoms with Crippen LogP contribution in [0.4, 0.5) is 5.13 Å². The summed E-state index contributed by atoms with van der Waals surface area (Å²) in [7, 11) is -3.60. The largest absolute Gasteiger partial charge is 0.302 e. The lowest BCUT2D eigenvalue weighted by Gasteiger charge is -2.30. The Morgan fingerprint density at radius 1 is 1.09 bits per heavy atom. The minimum atomic E-state index is -3.60. The molecule has 7 nitrogen and oxygen atoms in total. The van der Waals surface area contributed by atoms with Gasteiger partial charge in [0.25, 0.3) is 0 Å². The van der Waals surface area contributed by atoms with Crippen LogP contribution in [0.5, 0.6) is 0 Å². The highest BCUT2D eigenvalue weighted by Crippen LogP contribution is 2.35. The summed E-state index contributed by atoms with van der Waals surface area (Å²) >= 11 is 8.92. The normalized spacial score (nSPS) is 16.1. The average Bonchev–Trinajstić information content (AvgIpc) is 3.36. The molecule has 0 atom stereocenters. The molecule has 166 valence electrons. The molecule has 5 rings (SSSR count). The first-order valence-corrected chi connectivity index (χ1v) is 13.5. The average molecular weight is 507 g/mol. The van der Waals surface area contributed by atoms with Gasteiger partial charge in [0, 0.05) is 24.0 Å². The number of thiazole rings is 2. The Labute approximate surface area is 198 Å². The highest BCUT2D eigenvalue weighted by atomic mass is 35.5. The van der Waals surface area contributed by atoms with Gasteiger partial charge in [0.05, 0.1) is 24.8 Å². The first kappa shape index (κ1) is 21.7. The molecule has 0 radical (unpaired) electrons. The summed E-state index contributed by atoms with van der Waals surface area (Å²) in [6.45, 7) is 2.56. The maximum atomic E-state index is 12.8. The predicted octanol–water partition coefficient (Wildman–Crippen LogP) is 4.91. The number of amides is 1. The van der Waals surface area contributed by atoms with Crippen LogP contribution in [-0.4, -0.2) is 41.7 Å². The number of benzene rings is 2. The van der Waals surface area contributed by atoms with E-state index in [9.17, 15) is 13.2 Å². The van der Waals surface area contributed by atoms with Gasteiger partial charge < -0.3 is 5.32 Å². The van der Waals surface area contributed by atoms with Gasteiger partial charge in [-0.15, -0.1) is 11.3 Å². The monoisotopic (exact) mass is 506 g/mol. The number of halogens is 1. The number of aromatic nitrogens is 2. The fraction of sp³-hybridized carbons (Fsp3) is 0.286. The number of nitrogens with zero attached hydrogens (tertiary/aromatic N) is 3. The number of hydrogen-bond donors (Lipinski definition) is 1. The standard InChI is InChI=1S/C21H19ClN4O3S3/c1-12-23-18-17(30-12)7-6-16-19(18)31-21(24-16)25-20(27)13-8-10-26(11-9-13)32(28,29)15-4-2-14(22)3-5-15/h2-7,13H,8-11H2,1H3,(H,24,25,27). The summed E-state index contributed by atoms with van der Waals surface area (Å²) in [5, 5.41) is 4.94. The van der Waals surface area contributed by atoms with Crippen molar-refractivity contribution in [3.05, 3.63) is 46.4 Å². The van der Waals surface area contributed by atoms with E-state index in [0.717, 1.165) is 25.4 Å². The van der Waals surface area contributed by atoms with Crippen molar-refractivity contribution in [3.8, 4) is 0 Å². The third-order valence-corrected chi connectivity index (χ3v) is 9.62. The van der Waals surface area contributed by atoms with Crippen LogP contribution in [0.3, 0.4) is 0 Å². The molecular weight excluding hydrogens is 488 g/mol. The number of rotatable bonds is 4. The number of sulfonamides is 1. The highest BCUT2D eigenvalue weighted by Gasteiger charge is 2.32. The molecule has 1 aliphatic rings. The number of hydrogen-bond acceptors (Lipinski definition) is 7. The molecule has 1 N–H and O–H groups in total. The van der Waals surface area contributed by atoms with E-state index in [1.165, 1.54) is 27.8 Å². The Morgan fingerprint density at radius 3 is 2.53 bits per heavy atom. The van der Waals surface area contributed by atoms with E-state index in [0.29, 0.717) is 36.1 Å². The maximum absolute atomic E-state index is 12.8. The van der Waals surface area contributed by atoms with Gasteiger partial charge in [-0.05, 0) is 56.2 Å². The van der Waals surface area contributed by atoms with Crippen LogP contribution in [0, 0.1) is 12.8 Å². The topological polar surface area (TPSA) is 92.3 Å². The van der Waals surface area contributed by atoms with Crippen LogP contribution in [-0.2, 0) is 14.8 Å². The van der Waals surface area contributed by atoms with Crippen LogP contribution < -0.4 is 5.32 Å². The van der Waals surface area contributed by atoms with E-state index in [1.54, 1.807) is 23.5 Å². The summed E-state index contributed by atoms with van der Waals surface area (Å²) < 4.78 is 29.2. The van der Waals surface area contributed by atoms with Gasteiger partial charge in [0.15, 0.2) is 5.13 Å². The molecule has 0 bridgehead atoms. The Bertz CT molecular complexity index is 1420. The van der Waals surface area contributed by atoms with Gasteiger partial charge in [-0.3, -0.25) is 4.79 Å². The first-order valence-electron chi connectivity index (χ1n) is 10.0. The van der Waals surface area contributed by atoms with Crippen molar-refractivity contribution in [2.24, 2.45) is 5.92 Å². The summed E-state index contributed by atoms with van der Waals surface area (Å²) in [6, 6.07) is 10.1. The lowest BCUT2D eigenvalue weighted by atomic mass is 9.97. The molecule has 1 saturated heterocycles. The summed E-state index contributed by atoms with van der Waals surface area (Å²) in [5.41, 5.74) is 1.73. The summed E-state index contributed by atoms with van der Waals surface area (Å²) in [4.78, 5) is 22.2. The van der Waals surface area contributed by atoms with Crippen molar-refractivity contribution >= 4 is 75.8 Å². The number of anilines is 1. The summed E-state index contributed by atoms with van der Waals surface area (Å²) in [5.74, 6) is -0.390. The van der Waals surface area contributed by atoms with Crippen molar-refractivity contribution in [3.63, 3.8) is 0 Å². The number of fused-ring (bicyclic) bond motifs is 3. The molecule has 3 heterocycles. The Balaban J connectivity index is 1.26. The van der Waals surface area contributed by atoms with Gasteiger partial charge in [-0.25, -0.2) is 18.4 Å². The molecule has 1 fully saturated rings. The minimum absolute atomic E-state index is 0.127. The molecule has 0 aliphatic carbocycles. The van der Waals surface area contributed by atoms with Gasteiger partial charge in [0.2, 0.25) is 15.9 Å². The highest BCUT2D eigenvalue weighted by molar-refractivity contribution is 7.89. The number of carbonyl (C=O) groups excluding carboxylic acids is 1. The van der Waals surface area contributed by atoms with E-state index < -0.39 is 10.0 Å². The lowest BCUT2D eigenvalue weighted by Crippen LogP contribution is -2.41. The van der Waals surface area contributed by atoms with E-state index in [2.05, 4.69) is 15.3 Å². The van der Waals surface area contributed by atoms with Crippen LogP contribution >= 0.6 is 34.3 Å². The SMILES string of the molecule is Cc1nc2c(ccc3nc(NC(=O)C4CCN(S(=O)(=O)c5ccc(Cl)cc5)CC4)sc32)s1. The number of piperidine rings is 1. The molecule has 1 amide bonds. The predicted molar refractivity (Wildman–Crippen MR) is 129 cm³/mol. The second-order valence-electron chi connectivity index (χ2n) is 7.63. The molecule has 32 heavy (non-hydrogen) atoms. The van der Waals surface area contributed by atoms with Crippen molar-refractivity contribution < 1.29 is 13.2 Å². The molecule has 0 unspecified atom stereocenters. The second-order valence-corrected chi connectivity index (χ2v) is 12.2. The molecule has 11 heteroatoms. The Kier molecular flexibility index (Phi) is 5.67. The molecular formula is C21H19ClN4O3S3.